The molecule has 0 radical (unpaired) electrons. The number of hydrogen-bond acceptors (Lipinski definition) is 7. The van der Waals surface area contributed by atoms with E-state index in [4.69, 9.17) is 14.5 Å². The van der Waals surface area contributed by atoms with Gasteiger partial charge in [0.2, 0.25) is 5.75 Å². The third kappa shape index (κ3) is 6.30. The Kier molecular flexibility index (Phi) is 8.45. The number of nitro benzene ring substituents is 1. The second kappa shape index (κ2) is 12.3. The topological polar surface area (TPSA) is 94.3 Å². The fraction of sp³-hybridized carbons (Fsp3) is 0.125. The zero-order valence-corrected chi connectivity index (χ0v) is 24.4. The molecule has 4 aromatic rings. The molecule has 1 saturated heterocycles. The van der Waals surface area contributed by atoms with Crippen LogP contribution in [0.1, 0.15) is 22.3 Å². The third-order valence-corrected chi connectivity index (χ3v) is 7.62. The van der Waals surface area contributed by atoms with E-state index < -0.39 is 22.4 Å². The molecule has 0 N–H and O–H groups in total. The predicted molar refractivity (Wildman–Crippen MR) is 164 cm³/mol. The summed E-state index contributed by atoms with van der Waals surface area (Å²) in [4.78, 5) is 31.0. The Morgan fingerprint density at radius 1 is 0.909 bits per heavy atom. The summed E-state index contributed by atoms with van der Waals surface area (Å²) in [7, 11) is 1.35. The van der Waals surface area contributed by atoms with Crippen LogP contribution < -0.4 is 14.4 Å². The highest BCUT2D eigenvalue weighted by Crippen LogP contribution is 2.42. The molecule has 5 rings (SSSR count). The number of methoxy groups -OCH3 is 1. The summed E-state index contributed by atoms with van der Waals surface area (Å²) < 4.78 is 50.4. The van der Waals surface area contributed by atoms with Crippen molar-refractivity contribution >= 4 is 46.0 Å². The van der Waals surface area contributed by atoms with Gasteiger partial charge in [-0.15, -0.1) is 0 Å². The van der Waals surface area contributed by atoms with Crippen molar-refractivity contribution in [1.29, 1.82) is 0 Å². The van der Waals surface area contributed by atoms with Gasteiger partial charge in [0.25, 0.3) is 5.91 Å². The van der Waals surface area contributed by atoms with Gasteiger partial charge in [-0.2, -0.15) is 13.2 Å². The first-order valence-electron chi connectivity index (χ1n) is 13.1. The summed E-state index contributed by atoms with van der Waals surface area (Å²) in [5.74, 6) is -0.495. The first-order valence-corrected chi connectivity index (χ1v) is 13.9. The Balaban J connectivity index is 1.50. The summed E-state index contributed by atoms with van der Waals surface area (Å²) in [5.41, 5.74) is 1.87. The SMILES string of the molecule is COc1cc(/C=C2\SC(=Nc3c(C)cccc3C)N(c3ccccc3)C2=O)ccc1Oc1ccc(C(F)(F)F)cc1[N+](=O)[O-]. The Hall–Kier alpha value is -5.10. The fourth-order valence-corrected chi connectivity index (χ4v) is 5.47. The van der Waals surface area contributed by atoms with Crippen molar-refractivity contribution < 1.29 is 32.4 Å². The number of alkyl halides is 3. The number of ether oxygens (including phenoxy) is 2. The van der Waals surface area contributed by atoms with Crippen molar-refractivity contribution in [2.45, 2.75) is 20.0 Å². The average Bonchev–Trinajstić information content (AvgIpc) is 3.29. The van der Waals surface area contributed by atoms with E-state index in [1.54, 1.807) is 23.1 Å². The van der Waals surface area contributed by atoms with E-state index in [1.807, 2.05) is 62.4 Å². The molecule has 1 amide bonds. The second-order valence-electron chi connectivity index (χ2n) is 9.67. The van der Waals surface area contributed by atoms with Crippen molar-refractivity contribution in [1.82, 2.24) is 0 Å². The molecular weight excluding hydrogens is 595 g/mol. The van der Waals surface area contributed by atoms with E-state index in [-0.39, 0.29) is 23.2 Å². The van der Waals surface area contributed by atoms with E-state index in [2.05, 4.69) is 0 Å². The second-order valence-corrected chi connectivity index (χ2v) is 10.7. The van der Waals surface area contributed by atoms with Crippen LogP contribution in [-0.2, 0) is 11.0 Å². The van der Waals surface area contributed by atoms with Gasteiger partial charge in [-0.25, -0.2) is 4.99 Å². The number of benzene rings is 4. The first-order chi connectivity index (χ1) is 21.0. The fourth-order valence-electron chi connectivity index (χ4n) is 4.48. The number of aliphatic imine (C=N–C) groups is 1. The number of rotatable bonds is 7. The van der Waals surface area contributed by atoms with Crippen LogP contribution in [0.2, 0.25) is 0 Å². The van der Waals surface area contributed by atoms with Crippen molar-refractivity contribution in [2.75, 3.05) is 12.0 Å². The lowest BCUT2D eigenvalue weighted by atomic mass is 10.1. The lowest BCUT2D eigenvalue weighted by molar-refractivity contribution is -0.385. The maximum absolute atomic E-state index is 13.7. The van der Waals surface area contributed by atoms with Gasteiger partial charge in [-0.05, 0) is 84.8 Å². The number of nitrogens with zero attached hydrogens (tertiary/aromatic N) is 3. The maximum atomic E-state index is 13.7. The Labute approximate surface area is 254 Å². The molecule has 8 nitrogen and oxygen atoms in total. The Bertz CT molecular complexity index is 1800. The Morgan fingerprint density at radius 3 is 2.23 bits per heavy atom. The minimum atomic E-state index is -4.76. The highest BCUT2D eigenvalue weighted by Gasteiger charge is 2.35. The molecule has 12 heteroatoms. The smallest absolute Gasteiger partial charge is 0.416 e. The number of nitro groups is 1. The highest BCUT2D eigenvalue weighted by molar-refractivity contribution is 8.19. The molecule has 0 unspecified atom stereocenters. The quantitative estimate of drug-likeness (QED) is 0.117. The van der Waals surface area contributed by atoms with Gasteiger partial charge in [0, 0.05) is 6.07 Å². The van der Waals surface area contributed by atoms with E-state index in [0.29, 0.717) is 33.5 Å². The average molecular weight is 620 g/mol. The number of anilines is 1. The molecule has 1 aliphatic heterocycles. The van der Waals surface area contributed by atoms with Crippen molar-refractivity contribution in [3.8, 4) is 17.2 Å². The van der Waals surface area contributed by atoms with Gasteiger partial charge in [-0.1, -0.05) is 42.5 Å². The van der Waals surface area contributed by atoms with Gasteiger partial charge in [0.1, 0.15) is 0 Å². The van der Waals surface area contributed by atoms with Crippen LogP contribution in [-0.4, -0.2) is 23.1 Å². The number of para-hydroxylation sites is 2. The molecule has 1 aliphatic rings. The standard InChI is InChI=1S/C32H24F3N3O5S/c1-19-8-7-9-20(2)29(19)36-31-37(23-10-5-4-6-11-23)30(39)28(44-31)17-21-12-14-26(27(16-21)42-3)43-25-15-13-22(32(33,34)35)18-24(25)38(40)41/h4-18H,1-3H3/b28-17-,36-31?. The molecule has 44 heavy (non-hydrogen) atoms. The first kappa shape index (κ1) is 30.4. The van der Waals surface area contributed by atoms with Gasteiger partial charge in [0.05, 0.1) is 33.9 Å². The molecule has 0 bridgehead atoms. The minimum Gasteiger partial charge on any atom is -0.493 e. The Morgan fingerprint density at radius 2 is 1.59 bits per heavy atom. The van der Waals surface area contributed by atoms with Crippen LogP contribution in [0.5, 0.6) is 17.2 Å². The number of halogens is 3. The normalized spacial score (nSPS) is 15.2. The number of amidine groups is 1. The monoisotopic (exact) mass is 619 g/mol. The highest BCUT2D eigenvalue weighted by atomic mass is 32.2. The van der Waals surface area contributed by atoms with E-state index in [1.165, 1.54) is 24.9 Å². The van der Waals surface area contributed by atoms with Gasteiger partial charge >= 0.3 is 11.9 Å². The lowest BCUT2D eigenvalue weighted by Gasteiger charge is -2.16. The maximum Gasteiger partial charge on any atom is 0.416 e. The summed E-state index contributed by atoms with van der Waals surface area (Å²) >= 11 is 1.21. The lowest BCUT2D eigenvalue weighted by Crippen LogP contribution is -2.28. The number of aryl methyl sites for hydroxylation is 2. The van der Waals surface area contributed by atoms with Crippen LogP contribution in [0.4, 0.5) is 30.2 Å². The number of carbonyl (C=O) groups excluding carboxylic acids is 1. The van der Waals surface area contributed by atoms with Crippen LogP contribution in [0.25, 0.3) is 6.08 Å². The molecule has 0 atom stereocenters. The van der Waals surface area contributed by atoms with Crippen LogP contribution in [0.15, 0.2) is 94.8 Å². The van der Waals surface area contributed by atoms with E-state index in [0.717, 1.165) is 22.9 Å². The molecule has 4 aromatic carbocycles. The zero-order valence-electron chi connectivity index (χ0n) is 23.6. The predicted octanol–water partition coefficient (Wildman–Crippen LogP) is 8.84. The largest absolute Gasteiger partial charge is 0.493 e. The molecule has 0 saturated carbocycles. The number of thioether (sulfide) groups is 1. The number of amides is 1. The summed E-state index contributed by atoms with van der Waals surface area (Å²) in [6, 6.07) is 21.6. The van der Waals surface area contributed by atoms with Gasteiger partial charge < -0.3 is 9.47 Å². The van der Waals surface area contributed by atoms with E-state index >= 15 is 0 Å². The molecule has 1 heterocycles. The van der Waals surface area contributed by atoms with Crippen molar-refractivity contribution in [2.24, 2.45) is 4.99 Å². The van der Waals surface area contributed by atoms with Crippen LogP contribution in [0, 0.1) is 24.0 Å². The zero-order chi connectivity index (χ0) is 31.6. The minimum absolute atomic E-state index is 0.0334. The molecule has 1 fully saturated rings. The van der Waals surface area contributed by atoms with Crippen LogP contribution in [0.3, 0.4) is 0 Å². The molecular formula is C32H24F3N3O5S. The number of hydrogen-bond donors (Lipinski definition) is 0. The van der Waals surface area contributed by atoms with Gasteiger partial charge in [0.15, 0.2) is 16.7 Å². The number of carbonyl (C=O) groups is 1. The molecule has 224 valence electrons. The van der Waals surface area contributed by atoms with Crippen molar-refractivity contribution in [3.63, 3.8) is 0 Å². The molecule has 0 aliphatic carbocycles. The summed E-state index contributed by atoms with van der Waals surface area (Å²) in [5, 5.41) is 12.0. The third-order valence-electron chi connectivity index (χ3n) is 6.66. The van der Waals surface area contributed by atoms with E-state index in [9.17, 15) is 28.1 Å². The molecule has 0 spiro atoms. The van der Waals surface area contributed by atoms with Crippen LogP contribution >= 0.6 is 11.8 Å². The van der Waals surface area contributed by atoms with Crippen molar-refractivity contribution in [3.05, 3.63) is 122 Å². The molecule has 0 aromatic heterocycles. The summed E-state index contributed by atoms with van der Waals surface area (Å²) in [6.45, 7) is 3.90. The summed E-state index contributed by atoms with van der Waals surface area (Å²) in [6.07, 6.45) is -3.10. The van der Waals surface area contributed by atoms with Gasteiger partial charge in [-0.3, -0.25) is 19.8 Å².